The molecule has 8 heteroatoms. The van der Waals surface area contributed by atoms with Crippen LogP contribution in [0.4, 0.5) is 4.79 Å². The van der Waals surface area contributed by atoms with Gasteiger partial charge in [-0.25, -0.2) is 4.79 Å². The molecule has 0 aliphatic carbocycles. The van der Waals surface area contributed by atoms with Crippen LogP contribution in [0.1, 0.15) is 39.0 Å². The number of imide groups is 1. The summed E-state index contributed by atoms with van der Waals surface area (Å²) in [5, 5.41) is 2.98. The molecule has 8 nitrogen and oxygen atoms in total. The monoisotopic (exact) mass is 366 g/mol. The summed E-state index contributed by atoms with van der Waals surface area (Å²) in [6.45, 7) is 5.92. The molecule has 146 valence electrons. The van der Waals surface area contributed by atoms with Crippen LogP contribution in [0.3, 0.4) is 0 Å². The van der Waals surface area contributed by atoms with E-state index in [0.717, 1.165) is 38.9 Å². The van der Waals surface area contributed by atoms with E-state index in [2.05, 4.69) is 17.1 Å². The van der Waals surface area contributed by atoms with Gasteiger partial charge in [0.1, 0.15) is 12.1 Å². The Balaban J connectivity index is 1.66. The highest BCUT2D eigenvalue weighted by Gasteiger charge is 2.54. The van der Waals surface area contributed by atoms with E-state index in [1.807, 2.05) is 0 Å². The molecule has 3 heterocycles. The fourth-order valence-corrected chi connectivity index (χ4v) is 4.39. The number of likely N-dealkylation sites (tertiary alicyclic amines) is 2. The molecule has 1 spiro atoms. The number of hydrogen-bond acceptors (Lipinski definition) is 5. The zero-order chi connectivity index (χ0) is 18.7. The average Bonchev–Trinajstić information content (AvgIpc) is 2.87. The Morgan fingerprint density at radius 3 is 2.65 bits per heavy atom. The lowest BCUT2D eigenvalue weighted by atomic mass is 9.87. The van der Waals surface area contributed by atoms with Gasteiger partial charge in [-0.1, -0.05) is 6.92 Å². The highest BCUT2D eigenvalue weighted by molar-refractivity contribution is 6.07. The van der Waals surface area contributed by atoms with E-state index < -0.39 is 5.54 Å². The highest BCUT2D eigenvalue weighted by atomic mass is 16.5. The number of hydrogen-bond donors (Lipinski definition) is 1. The molecule has 0 saturated carbocycles. The third kappa shape index (κ3) is 3.57. The van der Waals surface area contributed by atoms with Gasteiger partial charge in [-0.2, -0.15) is 0 Å². The zero-order valence-electron chi connectivity index (χ0n) is 15.8. The smallest absolute Gasteiger partial charge is 0.325 e. The van der Waals surface area contributed by atoms with Crippen molar-refractivity contribution in [3.63, 3.8) is 0 Å². The van der Waals surface area contributed by atoms with Crippen molar-refractivity contribution in [1.82, 2.24) is 20.0 Å². The fourth-order valence-electron chi connectivity index (χ4n) is 4.39. The Morgan fingerprint density at radius 1 is 1.27 bits per heavy atom. The van der Waals surface area contributed by atoms with E-state index in [1.165, 1.54) is 12.0 Å². The minimum Gasteiger partial charge on any atom is -0.375 e. The summed E-state index contributed by atoms with van der Waals surface area (Å²) in [5.74, 6) is -0.198. The van der Waals surface area contributed by atoms with Crippen LogP contribution in [0.15, 0.2) is 0 Å². The first-order valence-electron chi connectivity index (χ1n) is 9.65. The Hall–Kier alpha value is -1.67. The summed E-state index contributed by atoms with van der Waals surface area (Å²) in [7, 11) is 1.49. The van der Waals surface area contributed by atoms with E-state index >= 15 is 0 Å². The van der Waals surface area contributed by atoms with Crippen molar-refractivity contribution in [2.24, 2.45) is 0 Å². The number of rotatable bonds is 5. The van der Waals surface area contributed by atoms with Crippen molar-refractivity contribution in [3.05, 3.63) is 0 Å². The third-order valence-corrected chi connectivity index (χ3v) is 5.82. The molecule has 3 rings (SSSR count). The van der Waals surface area contributed by atoms with Crippen LogP contribution in [-0.4, -0.2) is 90.6 Å². The predicted molar refractivity (Wildman–Crippen MR) is 95.6 cm³/mol. The number of methoxy groups -OCH3 is 1. The van der Waals surface area contributed by atoms with Gasteiger partial charge in [-0.3, -0.25) is 14.5 Å². The second-order valence-corrected chi connectivity index (χ2v) is 7.60. The number of amides is 4. The summed E-state index contributed by atoms with van der Waals surface area (Å²) in [4.78, 5) is 43.3. The molecule has 0 radical (unpaired) electrons. The molecule has 4 amide bonds. The van der Waals surface area contributed by atoms with Gasteiger partial charge in [0, 0.05) is 33.3 Å². The van der Waals surface area contributed by atoms with Crippen LogP contribution < -0.4 is 5.32 Å². The number of nitrogens with one attached hydrogen (secondary N) is 1. The molecule has 1 N–H and O–H groups in total. The molecule has 0 bridgehead atoms. The van der Waals surface area contributed by atoms with E-state index in [-0.39, 0.29) is 30.5 Å². The predicted octanol–water partition coefficient (Wildman–Crippen LogP) is 0.420. The third-order valence-electron chi connectivity index (χ3n) is 5.82. The van der Waals surface area contributed by atoms with Crippen LogP contribution in [0.25, 0.3) is 0 Å². The van der Waals surface area contributed by atoms with Gasteiger partial charge in [0.05, 0.1) is 6.04 Å². The van der Waals surface area contributed by atoms with Crippen molar-refractivity contribution in [2.45, 2.75) is 50.6 Å². The fraction of sp³-hybridized carbons (Fsp3) is 0.833. The summed E-state index contributed by atoms with van der Waals surface area (Å²) in [5.41, 5.74) is -0.750. The maximum Gasteiger partial charge on any atom is 0.325 e. The van der Waals surface area contributed by atoms with Crippen LogP contribution in [-0.2, 0) is 14.3 Å². The van der Waals surface area contributed by atoms with Crippen molar-refractivity contribution in [2.75, 3.05) is 46.4 Å². The van der Waals surface area contributed by atoms with Gasteiger partial charge in [0.15, 0.2) is 0 Å². The van der Waals surface area contributed by atoms with E-state index in [9.17, 15) is 14.4 Å². The summed E-state index contributed by atoms with van der Waals surface area (Å²) >= 11 is 0. The topological polar surface area (TPSA) is 82.2 Å². The first kappa shape index (κ1) is 19.1. The molecule has 0 aromatic rings. The minimum atomic E-state index is -0.750. The van der Waals surface area contributed by atoms with Gasteiger partial charge in [-0.05, 0) is 38.6 Å². The number of carbonyl (C=O) groups excluding carboxylic acids is 3. The lowest BCUT2D eigenvalue weighted by Crippen LogP contribution is -2.56. The van der Waals surface area contributed by atoms with Crippen molar-refractivity contribution >= 4 is 17.8 Å². The SMILES string of the molecule is CCCN1CCC2(CC1)NC(=O)N([C@H]1CCCN(C(=O)COC)C1)C2=O. The minimum absolute atomic E-state index is 0.0318. The second kappa shape index (κ2) is 7.92. The van der Waals surface area contributed by atoms with Crippen LogP contribution in [0, 0.1) is 0 Å². The van der Waals surface area contributed by atoms with Gasteiger partial charge < -0.3 is 19.9 Å². The Kier molecular flexibility index (Phi) is 5.82. The summed E-state index contributed by atoms with van der Waals surface area (Å²) < 4.78 is 4.92. The van der Waals surface area contributed by atoms with Gasteiger partial charge in [0.2, 0.25) is 5.91 Å². The average molecular weight is 366 g/mol. The molecular weight excluding hydrogens is 336 g/mol. The molecular formula is C18H30N4O4. The Bertz CT molecular complexity index is 559. The van der Waals surface area contributed by atoms with Crippen LogP contribution in [0.5, 0.6) is 0 Å². The maximum absolute atomic E-state index is 13.2. The quantitative estimate of drug-likeness (QED) is 0.713. The maximum atomic E-state index is 13.2. The van der Waals surface area contributed by atoms with Crippen molar-refractivity contribution < 1.29 is 19.1 Å². The number of urea groups is 1. The first-order valence-corrected chi connectivity index (χ1v) is 9.65. The van der Waals surface area contributed by atoms with Crippen molar-refractivity contribution in [1.29, 1.82) is 0 Å². The largest absolute Gasteiger partial charge is 0.375 e. The molecule has 0 aromatic carbocycles. The van der Waals surface area contributed by atoms with E-state index in [4.69, 9.17) is 4.74 Å². The van der Waals surface area contributed by atoms with Crippen molar-refractivity contribution in [3.8, 4) is 0 Å². The van der Waals surface area contributed by atoms with Gasteiger partial charge in [-0.15, -0.1) is 0 Å². The molecule has 3 aliphatic rings. The Labute approximate surface area is 154 Å². The standard InChI is InChI=1S/C18H30N4O4/c1-3-8-20-10-6-18(7-11-20)16(24)22(17(25)19-18)14-5-4-9-21(12-14)15(23)13-26-2/h14H,3-13H2,1-2H3,(H,19,25)/t14-/m0/s1. The van der Waals surface area contributed by atoms with Crippen LogP contribution >= 0.6 is 0 Å². The highest BCUT2D eigenvalue weighted by Crippen LogP contribution is 2.32. The van der Waals surface area contributed by atoms with Gasteiger partial charge >= 0.3 is 6.03 Å². The Morgan fingerprint density at radius 2 is 2.00 bits per heavy atom. The zero-order valence-corrected chi connectivity index (χ0v) is 15.8. The number of ether oxygens (including phenoxy) is 1. The first-order chi connectivity index (χ1) is 12.5. The van der Waals surface area contributed by atoms with Crippen LogP contribution in [0.2, 0.25) is 0 Å². The van der Waals surface area contributed by atoms with Gasteiger partial charge in [0.25, 0.3) is 5.91 Å². The van der Waals surface area contributed by atoms with E-state index in [1.54, 1.807) is 4.90 Å². The lowest BCUT2D eigenvalue weighted by molar-refractivity contribution is -0.141. The summed E-state index contributed by atoms with van der Waals surface area (Å²) in [6.07, 6.45) is 3.94. The number of piperidine rings is 2. The molecule has 3 fully saturated rings. The molecule has 0 aromatic heterocycles. The number of nitrogens with zero attached hydrogens (tertiary/aromatic N) is 3. The molecule has 1 atom stereocenters. The summed E-state index contributed by atoms with van der Waals surface area (Å²) in [6, 6.07) is -0.546. The molecule has 3 saturated heterocycles. The molecule has 3 aliphatic heterocycles. The van der Waals surface area contributed by atoms with E-state index in [0.29, 0.717) is 25.9 Å². The second-order valence-electron chi connectivity index (χ2n) is 7.60. The lowest BCUT2D eigenvalue weighted by Gasteiger charge is -2.39. The molecule has 26 heavy (non-hydrogen) atoms. The molecule has 0 unspecified atom stereocenters. The number of carbonyl (C=O) groups is 3. The normalized spacial score (nSPS) is 26.5.